The van der Waals surface area contributed by atoms with Crippen LogP contribution in [0.25, 0.3) is 0 Å². The molecule has 2 aromatic rings. The summed E-state index contributed by atoms with van der Waals surface area (Å²) >= 11 is 5.59. The van der Waals surface area contributed by atoms with E-state index < -0.39 is 0 Å². The topological polar surface area (TPSA) is 43.4 Å². The van der Waals surface area contributed by atoms with E-state index in [4.69, 9.17) is 16.3 Å². The fraction of sp³-hybridized carbons (Fsp3) is 0.0667. The molecule has 0 unspecified atom stereocenters. The lowest BCUT2D eigenvalue weighted by Crippen LogP contribution is -1.88. The van der Waals surface area contributed by atoms with E-state index in [1.807, 2.05) is 6.07 Å². The van der Waals surface area contributed by atoms with Crippen LogP contribution in [0, 0.1) is 0 Å². The number of carbonyl (C=O) groups is 2. The molecular weight excluding hydrogens is 264 g/mol. The summed E-state index contributed by atoms with van der Waals surface area (Å²) in [5, 5.41) is 0.507. The Morgan fingerprint density at radius 3 is 1.84 bits per heavy atom. The van der Waals surface area contributed by atoms with Crippen LogP contribution in [0.1, 0.15) is 20.7 Å². The van der Waals surface area contributed by atoms with Crippen molar-refractivity contribution in [2.45, 2.75) is 0 Å². The average molecular weight is 277 g/mol. The van der Waals surface area contributed by atoms with Gasteiger partial charge in [-0.2, -0.15) is 0 Å². The van der Waals surface area contributed by atoms with Crippen LogP contribution in [0.3, 0.4) is 0 Å². The number of carbonyl (C=O) groups excluding carboxylic acids is 2. The lowest BCUT2D eigenvalue weighted by atomic mass is 10.2. The van der Waals surface area contributed by atoms with Crippen LogP contribution < -0.4 is 4.74 Å². The van der Waals surface area contributed by atoms with Crippen LogP contribution in [0.4, 0.5) is 0 Å². The number of methoxy groups -OCH3 is 1. The summed E-state index contributed by atoms with van der Waals surface area (Å²) in [6.07, 6.45) is 1.52. The second kappa shape index (κ2) is 8.06. The van der Waals surface area contributed by atoms with E-state index in [0.717, 1.165) is 12.6 Å². The number of hydrogen-bond acceptors (Lipinski definition) is 3. The smallest absolute Gasteiger partial charge is 0.153 e. The number of hydrogen-bond donors (Lipinski definition) is 0. The fourth-order valence-corrected chi connectivity index (χ4v) is 1.51. The maximum atomic E-state index is 10.3. The minimum atomic E-state index is 0.507. The van der Waals surface area contributed by atoms with Crippen LogP contribution in [-0.2, 0) is 0 Å². The van der Waals surface area contributed by atoms with Crippen LogP contribution in [0.15, 0.2) is 48.5 Å². The molecule has 0 spiro atoms. The van der Waals surface area contributed by atoms with Crippen molar-refractivity contribution in [3.05, 3.63) is 64.7 Å². The summed E-state index contributed by atoms with van der Waals surface area (Å²) in [6, 6.07) is 14.0. The van der Waals surface area contributed by atoms with Gasteiger partial charge in [0.15, 0.2) is 12.6 Å². The first-order chi connectivity index (χ1) is 9.22. The second-order valence-corrected chi connectivity index (χ2v) is 3.91. The molecule has 0 heterocycles. The molecule has 2 aromatic carbocycles. The van der Waals surface area contributed by atoms with E-state index in [0.29, 0.717) is 21.9 Å². The van der Waals surface area contributed by atoms with Crippen molar-refractivity contribution >= 4 is 24.2 Å². The molecular formula is C15H13ClO3. The third-order valence-electron chi connectivity index (χ3n) is 2.30. The summed E-state index contributed by atoms with van der Waals surface area (Å²) in [7, 11) is 1.54. The lowest BCUT2D eigenvalue weighted by Gasteiger charge is -1.99. The number of benzene rings is 2. The molecule has 19 heavy (non-hydrogen) atoms. The van der Waals surface area contributed by atoms with Gasteiger partial charge in [0.25, 0.3) is 0 Å². The van der Waals surface area contributed by atoms with Gasteiger partial charge in [-0.3, -0.25) is 9.59 Å². The van der Waals surface area contributed by atoms with E-state index in [1.54, 1.807) is 49.6 Å². The van der Waals surface area contributed by atoms with Crippen molar-refractivity contribution in [1.82, 2.24) is 0 Å². The normalized spacial score (nSPS) is 8.95. The molecule has 0 fully saturated rings. The van der Waals surface area contributed by atoms with Gasteiger partial charge >= 0.3 is 0 Å². The lowest BCUT2D eigenvalue weighted by molar-refractivity contribution is 0.111. The standard InChI is InChI=1S/C8H8O2.C7H5ClO/c1-10-8-5-3-2-4-7(8)6-9;8-7-4-2-1-3-6(7)5-9/h2-6H,1H3;1-5H. The van der Waals surface area contributed by atoms with E-state index in [1.165, 1.54) is 0 Å². The Labute approximate surface area is 116 Å². The summed E-state index contributed by atoms with van der Waals surface area (Å²) in [5.41, 5.74) is 1.13. The highest BCUT2D eigenvalue weighted by molar-refractivity contribution is 6.32. The number of aldehydes is 2. The maximum absolute atomic E-state index is 10.3. The Morgan fingerprint density at radius 1 is 0.895 bits per heavy atom. The minimum absolute atomic E-state index is 0.507. The van der Waals surface area contributed by atoms with E-state index in [-0.39, 0.29) is 0 Å². The highest BCUT2D eigenvalue weighted by Crippen LogP contribution is 2.13. The number of para-hydroxylation sites is 1. The van der Waals surface area contributed by atoms with Gasteiger partial charge in [-0.15, -0.1) is 0 Å². The molecule has 0 aliphatic carbocycles. The highest BCUT2D eigenvalue weighted by atomic mass is 35.5. The molecule has 3 nitrogen and oxygen atoms in total. The van der Waals surface area contributed by atoms with Crippen molar-refractivity contribution in [2.75, 3.05) is 7.11 Å². The Balaban J connectivity index is 0.000000191. The number of ether oxygens (including phenoxy) is 1. The Hall–Kier alpha value is -2.13. The third kappa shape index (κ3) is 4.56. The van der Waals surface area contributed by atoms with Crippen molar-refractivity contribution in [3.63, 3.8) is 0 Å². The Kier molecular flexibility index (Phi) is 6.33. The first-order valence-corrected chi connectivity index (χ1v) is 5.88. The molecule has 98 valence electrons. The van der Waals surface area contributed by atoms with Gasteiger partial charge < -0.3 is 4.74 Å². The Morgan fingerprint density at radius 2 is 1.42 bits per heavy atom. The Bertz CT molecular complexity index is 553. The van der Waals surface area contributed by atoms with Crippen LogP contribution in [0.2, 0.25) is 5.02 Å². The molecule has 0 amide bonds. The molecule has 0 saturated carbocycles. The third-order valence-corrected chi connectivity index (χ3v) is 2.64. The quantitative estimate of drug-likeness (QED) is 0.804. The van der Waals surface area contributed by atoms with Crippen molar-refractivity contribution in [1.29, 1.82) is 0 Å². The van der Waals surface area contributed by atoms with Crippen molar-refractivity contribution in [2.24, 2.45) is 0 Å². The zero-order valence-electron chi connectivity index (χ0n) is 10.4. The van der Waals surface area contributed by atoms with Gasteiger partial charge in [-0.05, 0) is 18.2 Å². The largest absolute Gasteiger partial charge is 0.496 e. The van der Waals surface area contributed by atoms with Crippen molar-refractivity contribution in [3.8, 4) is 5.75 Å². The molecule has 0 aromatic heterocycles. The minimum Gasteiger partial charge on any atom is -0.496 e. The average Bonchev–Trinajstić information content (AvgIpc) is 2.48. The number of halogens is 1. The van der Waals surface area contributed by atoms with E-state index >= 15 is 0 Å². The SMILES string of the molecule is COc1ccccc1C=O.O=Cc1ccccc1Cl. The summed E-state index contributed by atoms with van der Waals surface area (Å²) in [4.78, 5) is 20.4. The highest BCUT2D eigenvalue weighted by Gasteiger charge is 1.96. The zero-order valence-corrected chi connectivity index (χ0v) is 11.1. The van der Waals surface area contributed by atoms with Gasteiger partial charge in [0, 0.05) is 5.56 Å². The molecule has 0 radical (unpaired) electrons. The molecule has 0 aliphatic rings. The fourth-order valence-electron chi connectivity index (χ4n) is 1.33. The van der Waals surface area contributed by atoms with E-state index in [2.05, 4.69) is 0 Å². The monoisotopic (exact) mass is 276 g/mol. The molecule has 0 N–H and O–H groups in total. The predicted octanol–water partition coefficient (Wildman–Crippen LogP) is 3.66. The molecule has 4 heteroatoms. The summed E-state index contributed by atoms with van der Waals surface area (Å²) < 4.78 is 4.90. The molecule has 0 bridgehead atoms. The van der Waals surface area contributed by atoms with Gasteiger partial charge in [-0.25, -0.2) is 0 Å². The molecule has 0 aliphatic heterocycles. The van der Waals surface area contributed by atoms with Gasteiger partial charge in [0.1, 0.15) is 5.75 Å². The second-order valence-electron chi connectivity index (χ2n) is 3.50. The number of rotatable bonds is 3. The first kappa shape index (κ1) is 14.9. The first-order valence-electron chi connectivity index (χ1n) is 5.50. The molecule has 0 atom stereocenters. The van der Waals surface area contributed by atoms with Crippen LogP contribution in [-0.4, -0.2) is 19.7 Å². The molecule has 0 saturated heterocycles. The van der Waals surface area contributed by atoms with E-state index in [9.17, 15) is 9.59 Å². The van der Waals surface area contributed by atoms with Gasteiger partial charge in [0.05, 0.1) is 17.7 Å². The molecule has 2 rings (SSSR count). The predicted molar refractivity (Wildman–Crippen MR) is 75.2 cm³/mol. The van der Waals surface area contributed by atoms with Gasteiger partial charge in [0.2, 0.25) is 0 Å². The van der Waals surface area contributed by atoms with Gasteiger partial charge in [-0.1, -0.05) is 41.9 Å². The summed E-state index contributed by atoms with van der Waals surface area (Å²) in [6.45, 7) is 0. The van der Waals surface area contributed by atoms with Crippen LogP contribution in [0.5, 0.6) is 5.75 Å². The van der Waals surface area contributed by atoms with Crippen LogP contribution >= 0.6 is 11.6 Å². The maximum Gasteiger partial charge on any atom is 0.153 e. The summed E-state index contributed by atoms with van der Waals surface area (Å²) in [5.74, 6) is 0.623. The van der Waals surface area contributed by atoms with Crippen molar-refractivity contribution < 1.29 is 14.3 Å². The zero-order chi connectivity index (χ0) is 14.1.